The first-order valence-electron chi connectivity index (χ1n) is 8.81. The summed E-state index contributed by atoms with van der Waals surface area (Å²) in [5.74, 6) is 0.808. The predicted molar refractivity (Wildman–Crippen MR) is 106 cm³/mol. The highest BCUT2D eigenvalue weighted by molar-refractivity contribution is 5.84. The number of hydrogen-bond acceptors (Lipinski definition) is 4. The van der Waals surface area contributed by atoms with E-state index in [1.165, 1.54) is 0 Å². The van der Waals surface area contributed by atoms with E-state index in [4.69, 9.17) is 9.15 Å². The van der Waals surface area contributed by atoms with Crippen molar-refractivity contribution >= 4 is 16.9 Å². The molecule has 0 saturated carbocycles. The Morgan fingerprint density at radius 2 is 1.81 bits per heavy atom. The molecule has 1 N–H and O–H groups in total. The summed E-state index contributed by atoms with van der Waals surface area (Å²) < 4.78 is 11.4. The van der Waals surface area contributed by atoms with Gasteiger partial charge in [0, 0.05) is 11.6 Å². The summed E-state index contributed by atoms with van der Waals surface area (Å²) in [7, 11) is 0. The van der Waals surface area contributed by atoms with Gasteiger partial charge in [0.15, 0.2) is 6.61 Å². The number of amides is 1. The Morgan fingerprint density at radius 3 is 2.48 bits per heavy atom. The van der Waals surface area contributed by atoms with Gasteiger partial charge in [-0.1, -0.05) is 30.3 Å². The number of aryl methyl sites for hydroxylation is 1. The van der Waals surface area contributed by atoms with Gasteiger partial charge in [-0.15, -0.1) is 0 Å². The Kier molecular flexibility index (Phi) is 5.04. The molecule has 27 heavy (non-hydrogen) atoms. The fraction of sp³-hybridized carbons (Fsp3) is 0.273. The third-order valence-corrected chi connectivity index (χ3v) is 3.99. The molecule has 0 spiro atoms. The second-order valence-corrected chi connectivity index (χ2v) is 7.47. The van der Waals surface area contributed by atoms with Gasteiger partial charge in [0.1, 0.15) is 17.1 Å². The molecule has 0 radical (unpaired) electrons. The Labute approximate surface area is 158 Å². The summed E-state index contributed by atoms with van der Waals surface area (Å²) in [6, 6.07) is 14.4. The van der Waals surface area contributed by atoms with Crippen LogP contribution in [0.25, 0.3) is 22.1 Å². The van der Waals surface area contributed by atoms with E-state index in [0.717, 1.165) is 5.56 Å². The highest BCUT2D eigenvalue weighted by Gasteiger charge is 2.16. The molecule has 1 heterocycles. The molecule has 0 bridgehead atoms. The molecule has 5 heteroatoms. The summed E-state index contributed by atoms with van der Waals surface area (Å²) in [4.78, 5) is 24.8. The first-order chi connectivity index (χ1) is 12.7. The molecule has 140 valence electrons. The van der Waals surface area contributed by atoms with Gasteiger partial charge in [0.25, 0.3) is 5.91 Å². The van der Waals surface area contributed by atoms with Gasteiger partial charge < -0.3 is 14.5 Å². The molecule has 1 amide bonds. The topological polar surface area (TPSA) is 68.5 Å². The van der Waals surface area contributed by atoms with Gasteiger partial charge in [-0.25, -0.2) is 0 Å². The minimum atomic E-state index is -0.318. The Hall–Kier alpha value is -3.08. The molecule has 3 rings (SSSR count). The van der Waals surface area contributed by atoms with Gasteiger partial charge in [-0.2, -0.15) is 0 Å². The van der Waals surface area contributed by atoms with Crippen molar-refractivity contribution in [3.05, 3.63) is 64.5 Å². The fourth-order valence-corrected chi connectivity index (χ4v) is 2.92. The van der Waals surface area contributed by atoms with Crippen LogP contribution in [-0.4, -0.2) is 18.1 Å². The van der Waals surface area contributed by atoms with Crippen molar-refractivity contribution in [2.24, 2.45) is 0 Å². The minimum Gasteiger partial charge on any atom is -0.484 e. The van der Waals surface area contributed by atoms with E-state index in [0.29, 0.717) is 28.0 Å². The normalized spacial score (nSPS) is 11.4. The van der Waals surface area contributed by atoms with E-state index in [-0.39, 0.29) is 23.5 Å². The monoisotopic (exact) mass is 365 g/mol. The lowest BCUT2D eigenvalue weighted by Gasteiger charge is -2.20. The van der Waals surface area contributed by atoms with Crippen LogP contribution < -0.4 is 15.5 Å². The van der Waals surface area contributed by atoms with Crippen LogP contribution in [0.5, 0.6) is 5.75 Å². The van der Waals surface area contributed by atoms with Gasteiger partial charge in [-0.3, -0.25) is 9.59 Å². The third kappa shape index (κ3) is 4.37. The lowest BCUT2D eigenvalue weighted by atomic mass is 10.0. The summed E-state index contributed by atoms with van der Waals surface area (Å²) in [6.45, 7) is 7.38. The number of hydrogen-bond donors (Lipinski definition) is 1. The highest BCUT2D eigenvalue weighted by Crippen LogP contribution is 2.26. The molecule has 0 saturated heterocycles. The van der Waals surface area contributed by atoms with Crippen LogP contribution in [0, 0.1) is 6.92 Å². The molecule has 0 aliphatic carbocycles. The number of carbonyl (C=O) groups excluding carboxylic acids is 1. The molecule has 0 fully saturated rings. The van der Waals surface area contributed by atoms with Gasteiger partial charge >= 0.3 is 0 Å². The van der Waals surface area contributed by atoms with E-state index < -0.39 is 0 Å². The van der Waals surface area contributed by atoms with Crippen LogP contribution in [-0.2, 0) is 4.79 Å². The Morgan fingerprint density at radius 1 is 1.11 bits per heavy atom. The molecular weight excluding hydrogens is 342 g/mol. The average Bonchev–Trinajstić information content (AvgIpc) is 2.59. The zero-order valence-corrected chi connectivity index (χ0v) is 16.0. The number of carbonyl (C=O) groups is 1. The number of rotatable bonds is 4. The highest BCUT2D eigenvalue weighted by atomic mass is 16.5. The minimum absolute atomic E-state index is 0.0861. The lowest BCUT2D eigenvalue weighted by molar-refractivity contribution is -0.124. The second-order valence-electron chi connectivity index (χ2n) is 7.47. The third-order valence-electron chi connectivity index (χ3n) is 3.99. The van der Waals surface area contributed by atoms with Crippen LogP contribution in [0.4, 0.5) is 0 Å². The standard InChI is InChI=1S/C22H23NO4/c1-14-20(15-8-6-5-7-9-15)21(25)17-11-10-16(12-18(17)27-14)26-13-19(24)23-22(2,3)4/h5-12H,13H2,1-4H3,(H,23,24). The molecular formula is C22H23NO4. The maximum absolute atomic E-state index is 12.9. The second kappa shape index (κ2) is 7.27. The molecule has 0 unspecified atom stereocenters. The number of fused-ring (bicyclic) bond motifs is 1. The number of nitrogens with one attached hydrogen (secondary N) is 1. The first kappa shape index (κ1) is 18.7. The molecule has 0 aliphatic heterocycles. The molecule has 0 atom stereocenters. The maximum atomic E-state index is 12.9. The lowest BCUT2D eigenvalue weighted by Crippen LogP contribution is -2.43. The van der Waals surface area contributed by atoms with Crippen molar-refractivity contribution < 1.29 is 13.9 Å². The largest absolute Gasteiger partial charge is 0.484 e. The van der Waals surface area contributed by atoms with E-state index in [2.05, 4.69) is 5.32 Å². The zero-order valence-electron chi connectivity index (χ0n) is 16.0. The number of benzene rings is 2. The van der Waals surface area contributed by atoms with Gasteiger partial charge in [0.05, 0.1) is 10.9 Å². The smallest absolute Gasteiger partial charge is 0.258 e. The van der Waals surface area contributed by atoms with Crippen molar-refractivity contribution in [2.45, 2.75) is 33.2 Å². The predicted octanol–water partition coefficient (Wildman–Crippen LogP) is 4.06. The van der Waals surface area contributed by atoms with Crippen molar-refractivity contribution in [1.82, 2.24) is 5.32 Å². The quantitative estimate of drug-likeness (QED) is 0.757. The van der Waals surface area contributed by atoms with Crippen LogP contribution in [0.1, 0.15) is 26.5 Å². The fourth-order valence-electron chi connectivity index (χ4n) is 2.92. The van der Waals surface area contributed by atoms with Crippen molar-refractivity contribution in [3.63, 3.8) is 0 Å². The van der Waals surface area contributed by atoms with Crippen molar-refractivity contribution in [3.8, 4) is 16.9 Å². The van der Waals surface area contributed by atoms with Crippen LogP contribution in [0.15, 0.2) is 57.7 Å². The summed E-state index contributed by atoms with van der Waals surface area (Å²) in [5.41, 5.74) is 1.41. The van der Waals surface area contributed by atoms with Crippen LogP contribution in [0.3, 0.4) is 0 Å². The Balaban J connectivity index is 1.89. The van der Waals surface area contributed by atoms with E-state index in [1.54, 1.807) is 25.1 Å². The summed E-state index contributed by atoms with van der Waals surface area (Å²) in [6.07, 6.45) is 0. The maximum Gasteiger partial charge on any atom is 0.258 e. The molecule has 0 aliphatic rings. The van der Waals surface area contributed by atoms with Gasteiger partial charge in [0.2, 0.25) is 5.43 Å². The van der Waals surface area contributed by atoms with E-state index >= 15 is 0 Å². The van der Waals surface area contributed by atoms with Crippen molar-refractivity contribution in [2.75, 3.05) is 6.61 Å². The zero-order chi connectivity index (χ0) is 19.6. The first-order valence-corrected chi connectivity index (χ1v) is 8.81. The van der Waals surface area contributed by atoms with Crippen LogP contribution in [0.2, 0.25) is 0 Å². The Bertz CT molecular complexity index is 1030. The number of ether oxygens (including phenoxy) is 1. The van der Waals surface area contributed by atoms with Gasteiger partial charge in [-0.05, 0) is 45.4 Å². The molecule has 1 aromatic heterocycles. The van der Waals surface area contributed by atoms with E-state index in [1.807, 2.05) is 51.1 Å². The molecule has 5 nitrogen and oxygen atoms in total. The SMILES string of the molecule is Cc1oc2cc(OCC(=O)NC(C)(C)C)ccc2c(=O)c1-c1ccccc1. The molecule has 3 aromatic rings. The summed E-state index contributed by atoms with van der Waals surface area (Å²) in [5, 5.41) is 3.31. The molecule has 2 aromatic carbocycles. The van der Waals surface area contributed by atoms with E-state index in [9.17, 15) is 9.59 Å². The van der Waals surface area contributed by atoms with Crippen molar-refractivity contribution in [1.29, 1.82) is 0 Å². The summed E-state index contributed by atoms with van der Waals surface area (Å²) >= 11 is 0. The average molecular weight is 365 g/mol. The van der Waals surface area contributed by atoms with Crippen LogP contribution >= 0.6 is 0 Å².